The number of carbonyl (C=O) groups is 1. The Balaban J connectivity index is 2.13. The molecule has 4 N–H and O–H groups in total. The molecule has 1 atom stereocenters. The third kappa shape index (κ3) is 3.23. The van der Waals surface area contributed by atoms with Crippen molar-refractivity contribution in [2.24, 2.45) is 11.5 Å². The zero-order valence-electron chi connectivity index (χ0n) is 15.8. The third-order valence-electron chi connectivity index (χ3n) is 4.94. The molecule has 1 aliphatic rings. The number of amides is 1. The number of primary amides is 1. The number of nitriles is 1. The van der Waals surface area contributed by atoms with Crippen molar-refractivity contribution in [3.05, 3.63) is 96.4 Å². The number of nitrogens with zero attached hydrogens (tertiary/aromatic N) is 2. The van der Waals surface area contributed by atoms with Crippen LogP contribution >= 0.6 is 11.3 Å². The molecule has 0 bridgehead atoms. The molecule has 3 aromatic rings. The van der Waals surface area contributed by atoms with Crippen LogP contribution in [-0.4, -0.2) is 10.5 Å². The number of rotatable bonds is 3. The van der Waals surface area contributed by atoms with Gasteiger partial charge in [0.25, 0.3) is 5.56 Å². The van der Waals surface area contributed by atoms with E-state index in [9.17, 15) is 23.6 Å². The average molecular weight is 436 g/mol. The zero-order valence-corrected chi connectivity index (χ0v) is 16.6. The topological polar surface area (TPSA) is 115 Å². The number of halogens is 2. The van der Waals surface area contributed by atoms with Crippen LogP contribution in [0.25, 0.3) is 17.5 Å². The van der Waals surface area contributed by atoms with Crippen LogP contribution in [0.2, 0.25) is 0 Å². The van der Waals surface area contributed by atoms with Crippen molar-refractivity contribution in [3.8, 4) is 6.07 Å². The Kier molecular flexibility index (Phi) is 5.01. The zero-order chi connectivity index (χ0) is 22.3. The van der Waals surface area contributed by atoms with Gasteiger partial charge in [-0.05, 0) is 18.2 Å². The first-order chi connectivity index (χ1) is 14.8. The highest BCUT2D eigenvalue weighted by molar-refractivity contribution is 7.07. The minimum atomic E-state index is -1.18. The molecule has 0 spiro atoms. The molecule has 154 valence electrons. The van der Waals surface area contributed by atoms with Crippen molar-refractivity contribution < 1.29 is 13.6 Å². The number of aromatic nitrogens is 1. The number of fused-ring (bicyclic) bond motifs is 1. The van der Waals surface area contributed by atoms with Crippen molar-refractivity contribution in [1.29, 1.82) is 5.26 Å². The first-order valence-corrected chi connectivity index (χ1v) is 9.83. The van der Waals surface area contributed by atoms with Gasteiger partial charge in [0.05, 0.1) is 27.7 Å². The Hall–Kier alpha value is -4.03. The van der Waals surface area contributed by atoms with Gasteiger partial charge in [-0.2, -0.15) is 5.26 Å². The molecule has 0 aliphatic carbocycles. The normalized spacial score (nSPS) is 16.2. The molecule has 1 aliphatic heterocycles. The van der Waals surface area contributed by atoms with E-state index in [1.165, 1.54) is 42.5 Å². The van der Waals surface area contributed by atoms with Crippen LogP contribution in [0.5, 0.6) is 0 Å². The third-order valence-corrected chi connectivity index (χ3v) is 6.05. The van der Waals surface area contributed by atoms with Gasteiger partial charge in [0.1, 0.15) is 22.1 Å². The van der Waals surface area contributed by atoms with Gasteiger partial charge in [0.2, 0.25) is 5.91 Å². The molecule has 1 aromatic heterocycles. The predicted octanol–water partition coefficient (Wildman–Crippen LogP) is 1.10. The summed E-state index contributed by atoms with van der Waals surface area (Å²) in [6, 6.07) is 13.4. The molecule has 0 radical (unpaired) electrons. The van der Waals surface area contributed by atoms with E-state index in [4.69, 9.17) is 11.5 Å². The lowest BCUT2D eigenvalue weighted by Crippen LogP contribution is -2.41. The predicted molar refractivity (Wildman–Crippen MR) is 113 cm³/mol. The number of hydrogen-bond acceptors (Lipinski definition) is 5. The number of allylic oxidation sites excluding steroid dienone is 1. The number of thiazole rings is 1. The van der Waals surface area contributed by atoms with E-state index < -0.39 is 29.0 Å². The van der Waals surface area contributed by atoms with E-state index in [2.05, 4.69) is 0 Å². The van der Waals surface area contributed by atoms with Crippen LogP contribution in [0.15, 0.2) is 58.9 Å². The molecule has 0 saturated heterocycles. The molecule has 0 fully saturated rings. The standard InChI is InChI=1S/C22H14F2N4O2S/c23-14-7-3-1-5-11(14)9-16-21(30)28-19(26)13(10-25)17(12-6-2-4-8-15(12)24)18(20(27)29)22(28)31-16/h1-9,17H,26H2,(H2,27,29)/t17-/m1/s1. The molecule has 31 heavy (non-hydrogen) atoms. The number of benzene rings is 2. The van der Waals surface area contributed by atoms with Crippen molar-refractivity contribution in [2.45, 2.75) is 5.92 Å². The van der Waals surface area contributed by atoms with Gasteiger partial charge in [-0.1, -0.05) is 36.4 Å². The van der Waals surface area contributed by atoms with Crippen LogP contribution < -0.4 is 26.2 Å². The fourth-order valence-corrected chi connectivity index (χ4v) is 4.71. The second-order valence-electron chi connectivity index (χ2n) is 6.72. The molecule has 4 rings (SSSR count). The quantitative estimate of drug-likeness (QED) is 0.640. The summed E-state index contributed by atoms with van der Waals surface area (Å²) in [5, 5.41) is 9.73. The highest BCUT2D eigenvalue weighted by Gasteiger charge is 2.35. The molecule has 2 heterocycles. The summed E-state index contributed by atoms with van der Waals surface area (Å²) in [5.74, 6) is -3.53. The molecule has 6 nitrogen and oxygen atoms in total. The second-order valence-corrected chi connectivity index (χ2v) is 7.75. The fraction of sp³-hybridized carbons (Fsp3) is 0.0455. The van der Waals surface area contributed by atoms with Gasteiger partial charge in [-0.3, -0.25) is 14.2 Å². The van der Waals surface area contributed by atoms with Gasteiger partial charge in [0.15, 0.2) is 0 Å². The van der Waals surface area contributed by atoms with Gasteiger partial charge < -0.3 is 11.5 Å². The largest absolute Gasteiger partial charge is 0.384 e. The summed E-state index contributed by atoms with van der Waals surface area (Å²) < 4.78 is 29.8. The van der Waals surface area contributed by atoms with Crippen LogP contribution in [0.3, 0.4) is 0 Å². The van der Waals surface area contributed by atoms with Crippen LogP contribution in [0.4, 0.5) is 8.78 Å². The van der Waals surface area contributed by atoms with Gasteiger partial charge in [-0.25, -0.2) is 8.78 Å². The lowest BCUT2D eigenvalue weighted by molar-refractivity contribution is -0.113. The minimum absolute atomic E-state index is 0.0301. The minimum Gasteiger partial charge on any atom is -0.384 e. The van der Waals surface area contributed by atoms with E-state index >= 15 is 0 Å². The fourth-order valence-electron chi connectivity index (χ4n) is 3.54. The molecule has 0 unspecified atom stereocenters. The van der Waals surface area contributed by atoms with E-state index in [0.29, 0.717) is 0 Å². The van der Waals surface area contributed by atoms with E-state index in [0.717, 1.165) is 15.9 Å². The lowest BCUT2D eigenvalue weighted by Gasteiger charge is -2.24. The smallest absolute Gasteiger partial charge is 0.274 e. The van der Waals surface area contributed by atoms with E-state index in [-0.39, 0.29) is 37.3 Å². The number of hydrogen-bond donors (Lipinski definition) is 2. The second kappa shape index (κ2) is 7.66. The molecular weight excluding hydrogens is 422 g/mol. The summed E-state index contributed by atoms with van der Waals surface area (Å²) in [7, 11) is 0. The summed E-state index contributed by atoms with van der Waals surface area (Å²) in [6.45, 7) is 0. The Morgan fingerprint density at radius 3 is 2.39 bits per heavy atom. The van der Waals surface area contributed by atoms with Crippen LogP contribution in [0.1, 0.15) is 17.0 Å². The van der Waals surface area contributed by atoms with Crippen molar-refractivity contribution in [3.63, 3.8) is 0 Å². The Bertz CT molecular complexity index is 1490. The van der Waals surface area contributed by atoms with Gasteiger partial charge >= 0.3 is 0 Å². The Morgan fingerprint density at radius 1 is 1.13 bits per heavy atom. The molecule has 1 amide bonds. The van der Waals surface area contributed by atoms with Gasteiger partial charge in [-0.15, -0.1) is 11.3 Å². The monoisotopic (exact) mass is 436 g/mol. The Morgan fingerprint density at radius 2 is 1.77 bits per heavy atom. The summed E-state index contributed by atoms with van der Waals surface area (Å²) in [4.78, 5) is 25.5. The molecular formula is C22H14F2N4O2S. The van der Waals surface area contributed by atoms with Crippen LogP contribution in [-0.2, 0) is 4.79 Å². The van der Waals surface area contributed by atoms with E-state index in [1.54, 1.807) is 12.1 Å². The summed E-state index contributed by atoms with van der Waals surface area (Å²) >= 11 is 0.867. The van der Waals surface area contributed by atoms with Crippen LogP contribution in [0, 0.1) is 23.0 Å². The maximum atomic E-state index is 14.6. The number of nitrogens with two attached hydrogens (primary N) is 2. The summed E-state index contributed by atoms with van der Waals surface area (Å²) in [5.41, 5.74) is 11.0. The molecule has 0 saturated carbocycles. The Labute approximate surface area is 178 Å². The first-order valence-electron chi connectivity index (χ1n) is 9.01. The average Bonchev–Trinajstić information content (AvgIpc) is 3.05. The maximum Gasteiger partial charge on any atom is 0.274 e. The van der Waals surface area contributed by atoms with Crippen molar-refractivity contribution >= 4 is 34.7 Å². The van der Waals surface area contributed by atoms with Crippen molar-refractivity contribution in [2.75, 3.05) is 0 Å². The maximum absolute atomic E-state index is 14.6. The van der Waals surface area contributed by atoms with Crippen molar-refractivity contribution in [1.82, 2.24) is 4.57 Å². The SMILES string of the molecule is N#CC1=C(N)n2c(sc(=Cc3ccccc3F)c2=O)=C(C(N)=O)[C@@H]1c1ccccc1F. The van der Waals surface area contributed by atoms with E-state index in [1.807, 2.05) is 6.07 Å². The lowest BCUT2D eigenvalue weighted by atomic mass is 9.83. The highest BCUT2D eigenvalue weighted by Crippen LogP contribution is 2.36. The number of carbonyl (C=O) groups excluding carboxylic acids is 1. The highest BCUT2D eigenvalue weighted by atomic mass is 32.1. The molecule has 2 aromatic carbocycles. The van der Waals surface area contributed by atoms with Gasteiger partial charge in [0, 0.05) is 11.1 Å². The summed E-state index contributed by atoms with van der Waals surface area (Å²) in [6.07, 6.45) is 1.32. The molecule has 9 heteroatoms. The first kappa shape index (κ1) is 20.3.